The average Bonchev–Trinajstić information content (AvgIpc) is 3.16. The molecular formula is C22H17F3N4O2S. The first-order valence-corrected chi connectivity index (χ1v) is 10.4. The molecule has 4 aromatic rings. The van der Waals surface area contributed by atoms with Gasteiger partial charge in [0, 0.05) is 23.3 Å². The number of alkyl halides is 3. The van der Waals surface area contributed by atoms with Crippen molar-refractivity contribution in [2.45, 2.75) is 26.6 Å². The van der Waals surface area contributed by atoms with Crippen molar-refractivity contribution in [1.82, 2.24) is 20.3 Å². The zero-order chi connectivity index (χ0) is 23.0. The second kappa shape index (κ2) is 8.19. The highest BCUT2D eigenvalue weighted by Crippen LogP contribution is 2.33. The number of rotatable bonds is 4. The lowest BCUT2D eigenvalue weighted by atomic mass is 9.99. The lowest BCUT2D eigenvalue weighted by Crippen LogP contribution is -2.28. The minimum Gasteiger partial charge on any atom is -0.345 e. The molecule has 0 aliphatic carbocycles. The van der Waals surface area contributed by atoms with Gasteiger partial charge in [-0.05, 0) is 31.0 Å². The van der Waals surface area contributed by atoms with Crippen LogP contribution in [0.4, 0.5) is 13.2 Å². The minimum atomic E-state index is -4.69. The lowest BCUT2D eigenvalue weighted by Gasteiger charge is -2.12. The molecule has 3 aromatic heterocycles. The molecule has 0 aliphatic rings. The van der Waals surface area contributed by atoms with Crippen LogP contribution in [0.2, 0.25) is 0 Å². The average molecular weight is 458 g/mol. The van der Waals surface area contributed by atoms with Gasteiger partial charge in [-0.3, -0.25) is 14.6 Å². The zero-order valence-corrected chi connectivity index (χ0v) is 17.8. The molecule has 3 heterocycles. The Morgan fingerprint density at radius 2 is 1.97 bits per heavy atom. The molecule has 0 atom stereocenters. The maximum absolute atomic E-state index is 13.1. The molecule has 6 nitrogen and oxygen atoms in total. The number of halogens is 3. The van der Waals surface area contributed by atoms with Crippen molar-refractivity contribution in [2.75, 3.05) is 0 Å². The molecule has 0 bridgehead atoms. The summed E-state index contributed by atoms with van der Waals surface area (Å²) in [6, 6.07) is 6.68. The SMILES string of the molecule is Cc1ccc(-c2csc3nc(CNC(=O)c4cnccc4C(F)(F)F)[nH]c(=O)c23)c(C)c1. The van der Waals surface area contributed by atoms with E-state index in [0.717, 1.165) is 40.7 Å². The molecule has 32 heavy (non-hydrogen) atoms. The number of nitrogens with zero attached hydrogens (tertiary/aromatic N) is 2. The predicted octanol–water partition coefficient (Wildman–Crippen LogP) is 4.61. The number of pyridine rings is 1. The molecule has 2 N–H and O–H groups in total. The summed E-state index contributed by atoms with van der Waals surface area (Å²) in [7, 11) is 0. The smallest absolute Gasteiger partial charge is 0.345 e. The summed E-state index contributed by atoms with van der Waals surface area (Å²) in [4.78, 5) is 36.2. The highest BCUT2D eigenvalue weighted by molar-refractivity contribution is 7.17. The molecular weight excluding hydrogens is 441 g/mol. The summed E-state index contributed by atoms with van der Waals surface area (Å²) in [6.45, 7) is 3.71. The number of aromatic amines is 1. The van der Waals surface area contributed by atoms with Crippen LogP contribution >= 0.6 is 11.3 Å². The zero-order valence-electron chi connectivity index (χ0n) is 17.0. The van der Waals surface area contributed by atoms with E-state index in [0.29, 0.717) is 10.2 Å². The number of H-pyrrole nitrogens is 1. The summed E-state index contributed by atoms with van der Waals surface area (Å²) in [6.07, 6.45) is -2.87. The van der Waals surface area contributed by atoms with E-state index in [1.807, 2.05) is 37.4 Å². The van der Waals surface area contributed by atoms with Gasteiger partial charge in [-0.15, -0.1) is 11.3 Å². The van der Waals surface area contributed by atoms with Crippen LogP contribution in [-0.4, -0.2) is 20.9 Å². The first-order chi connectivity index (χ1) is 15.1. The largest absolute Gasteiger partial charge is 0.417 e. The van der Waals surface area contributed by atoms with E-state index < -0.39 is 23.2 Å². The molecule has 0 radical (unpaired) electrons. The Bertz CT molecular complexity index is 1390. The van der Waals surface area contributed by atoms with Gasteiger partial charge in [-0.2, -0.15) is 13.2 Å². The van der Waals surface area contributed by atoms with E-state index >= 15 is 0 Å². The number of benzene rings is 1. The van der Waals surface area contributed by atoms with Gasteiger partial charge in [0.1, 0.15) is 10.7 Å². The quantitative estimate of drug-likeness (QED) is 0.468. The molecule has 4 rings (SSSR count). The van der Waals surface area contributed by atoms with E-state index in [-0.39, 0.29) is 17.9 Å². The highest BCUT2D eigenvalue weighted by Gasteiger charge is 2.35. The number of fused-ring (bicyclic) bond motifs is 1. The standard InChI is InChI=1S/C22H17F3N4O2S/c1-11-3-4-13(12(2)7-11)15-10-32-21-18(15)20(31)28-17(29-21)9-27-19(30)14-8-26-6-5-16(14)22(23,24)25/h3-8,10H,9H2,1-2H3,(H,27,30)(H,28,29,31). The fourth-order valence-electron chi connectivity index (χ4n) is 3.47. The Labute approximate surface area is 184 Å². The fraction of sp³-hybridized carbons (Fsp3) is 0.182. The fourth-order valence-corrected chi connectivity index (χ4v) is 4.43. The Kier molecular flexibility index (Phi) is 5.55. The number of aromatic nitrogens is 3. The van der Waals surface area contributed by atoms with Crippen LogP contribution in [0.15, 0.2) is 46.8 Å². The first kappa shape index (κ1) is 21.7. The van der Waals surface area contributed by atoms with Crippen molar-refractivity contribution >= 4 is 27.5 Å². The number of aryl methyl sites for hydroxylation is 2. The highest BCUT2D eigenvalue weighted by atomic mass is 32.1. The molecule has 1 amide bonds. The van der Waals surface area contributed by atoms with Gasteiger partial charge >= 0.3 is 6.18 Å². The summed E-state index contributed by atoms with van der Waals surface area (Å²) in [5.74, 6) is -0.822. The van der Waals surface area contributed by atoms with E-state index in [2.05, 4.69) is 20.3 Å². The number of carbonyl (C=O) groups excluding carboxylic acids is 1. The van der Waals surface area contributed by atoms with Crippen LogP contribution in [0.5, 0.6) is 0 Å². The predicted molar refractivity (Wildman–Crippen MR) is 116 cm³/mol. The van der Waals surface area contributed by atoms with Crippen LogP contribution in [0.25, 0.3) is 21.3 Å². The summed E-state index contributed by atoms with van der Waals surface area (Å²) >= 11 is 1.28. The van der Waals surface area contributed by atoms with E-state index in [1.54, 1.807) is 0 Å². The Hall–Kier alpha value is -3.53. The summed E-state index contributed by atoms with van der Waals surface area (Å²) < 4.78 is 39.4. The summed E-state index contributed by atoms with van der Waals surface area (Å²) in [5, 5.41) is 4.65. The van der Waals surface area contributed by atoms with Crippen LogP contribution in [0.1, 0.15) is 32.9 Å². The van der Waals surface area contributed by atoms with Crippen molar-refractivity contribution in [3.8, 4) is 11.1 Å². The second-order valence-corrected chi connectivity index (χ2v) is 8.12. The van der Waals surface area contributed by atoms with E-state index in [1.165, 1.54) is 11.3 Å². The number of hydrogen-bond acceptors (Lipinski definition) is 5. The number of nitrogens with one attached hydrogen (secondary N) is 2. The third kappa shape index (κ3) is 4.13. The van der Waals surface area contributed by atoms with E-state index in [4.69, 9.17) is 0 Å². The topological polar surface area (TPSA) is 87.7 Å². The minimum absolute atomic E-state index is 0.141. The Morgan fingerprint density at radius 1 is 1.19 bits per heavy atom. The number of amides is 1. The number of hydrogen-bond donors (Lipinski definition) is 2. The number of thiophene rings is 1. The molecule has 164 valence electrons. The van der Waals surface area contributed by atoms with Gasteiger partial charge in [0.2, 0.25) is 0 Å². The van der Waals surface area contributed by atoms with Gasteiger partial charge < -0.3 is 10.3 Å². The third-order valence-electron chi connectivity index (χ3n) is 4.95. The van der Waals surface area contributed by atoms with Gasteiger partial charge in [0.25, 0.3) is 11.5 Å². The maximum Gasteiger partial charge on any atom is 0.417 e. The first-order valence-electron chi connectivity index (χ1n) is 9.52. The van der Waals surface area contributed by atoms with Crippen molar-refractivity contribution in [1.29, 1.82) is 0 Å². The van der Waals surface area contributed by atoms with Crippen molar-refractivity contribution in [2.24, 2.45) is 0 Å². The van der Waals surface area contributed by atoms with Crippen molar-refractivity contribution in [3.05, 3.63) is 80.5 Å². The third-order valence-corrected chi connectivity index (χ3v) is 5.82. The molecule has 0 saturated carbocycles. The Morgan fingerprint density at radius 3 is 2.69 bits per heavy atom. The molecule has 1 aromatic carbocycles. The van der Waals surface area contributed by atoms with Crippen LogP contribution in [-0.2, 0) is 12.7 Å². The van der Waals surface area contributed by atoms with Crippen molar-refractivity contribution in [3.63, 3.8) is 0 Å². The van der Waals surface area contributed by atoms with Gasteiger partial charge in [-0.25, -0.2) is 4.98 Å². The molecule has 0 spiro atoms. The van der Waals surface area contributed by atoms with Gasteiger partial charge in [-0.1, -0.05) is 23.8 Å². The van der Waals surface area contributed by atoms with E-state index in [9.17, 15) is 22.8 Å². The molecule has 0 aliphatic heterocycles. The Balaban J connectivity index is 1.61. The maximum atomic E-state index is 13.1. The van der Waals surface area contributed by atoms with Crippen molar-refractivity contribution < 1.29 is 18.0 Å². The molecule has 10 heteroatoms. The molecule has 0 unspecified atom stereocenters. The molecule has 0 fully saturated rings. The van der Waals surface area contributed by atoms with Gasteiger partial charge in [0.05, 0.1) is 23.1 Å². The summed E-state index contributed by atoms with van der Waals surface area (Å²) in [5.41, 5.74) is 1.75. The monoisotopic (exact) mass is 458 g/mol. The normalized spacial score (nSPS) is 11.7. The van der Waals surface area contributed by atoms with Gasteiger partial charge in [0.15, 0.2) is 0 Å². The lowest BCUT2D eigenvalue weighted by molar-refractivity contribution is -0.138. The van der Waals surface area contributed by atoms with Crippen LogP contribution in [0, 0.1) is 13.8 Å². The van der Waals surface area contributed by atoms with Crippen LogP contribution < -0.4 is 10.9 Å². The second-order valence-electron chi connectivity index (χ2n) is 7.26. The van der Waals surface area contributed by atoms with Crippen LogP contribution in [0.3, 0.4) is 0 Å². The molecule has 0 saturated heterocycles. The number of carbonyl (C=O) groups is 1.